The fourth-order valence-corrected chi connectivity index (χ4v) is 2.47. The number of benzene rings is 2. The second kappa shape index (κ2) is 8.75. The number of nitrogens with zero attached hydrogens (tertiary/aromatic N) is 1. The van der Waals surface area contributed by atoms with E-state index in [2.05, 4.69) is 20.4 Å². The van der Waals surface area contributed by atoms with Gasteiger partial charge in [0.15, 0.2) is 0 Å². The predicted octanol–water partition coefficient (Wildman–Crippen LogP) is 3.51. The normalized spacial score (nSPS) is 10.1. The molecule has 0 fully saturated rings. The number of aromatic nitrogens is 1. The first-order valence-corrected chi connectivity index (χ1v) is 8.49. The van der Waals surface area contributed by atoms with Crippen LogP contribution in [0.3, 0.4) is 0 Å². The summed E-state index contributed by atoms with van der Waals surface area (Å²) in [5.74, 6) is -2.00. The number of halogens is 1. The Kier molecular flexibility index (Phi) is 5.94. The first kappa shape index (κ1) is 19.7. The molecule has 0 bridgehead atoms. The number of anilines is 2. The van der Waals surface area contributed by atoms with E-state index in [0.717, 1.165) is 0 Å². The van der Waals surface area contributed by atoms with Crippen molar-refractivity contribution in [3.63, 3.8) is 0 Å². The summed E-state index contributed by atoms with van der Waals surface area (Å²) in [6.45, 7) is 0. The van der Waals surface area contributed by atoms with Crippen molar-refractivity contribution in [1.82, 2.24) is 4.98 Å². The van der Waals surface area contributed by atoms with Gasteiger partial charge in [-0.2, -0.15) is 0 Å². The smallest absolute Gasteiger partial charge is 0.337 e. The molecule has 29 heavy (non-hydrogen) atoms. The molecule has 0 aliphatic heterocycles. The summed E-state index contributed by atoms with van der Waals surface area (Å²) >= 11 is 0. The lowest BCUT2D eigenvalue weighted by molar-refractivity contribution is 0.0600. The van der Waals surface area contributed by atoms with E-state index < -0.39 is 23.6 Å². The zero-order valence-corrected chi connectivity index (χ0v) is 15.3. The molecule has 2 N–H and O–H groups in total. The van der Waals surface area contributed by atoms with Crippen LogP contribution in [0.2, 0.25) is 0 Å². The summed E-state index contributed by atoms with van der Waals surface area (Å²) in [6, 6.07) is 14.4. The lowest BCUT2D eigenvalue weighted by Gasteiger charge is -2.08. The maximum absolute atomic E-state index is 13.2. The summed E-state index contributed by atoms with van der Waals surface area (Å²) in [4.78, 5) is 40.2. The lowest BCUT2D eigenvalue weighted by Crippen LogP contribution is -2.17. The lowest BCUT2D eigenvalue weighted by atomic mass is 10.1. The number of carbonyl (C=O) groups is 3. The van der Waals surface area contributed by atoms with Gasteiger partial charge in [-0.25, -0.2) is 9.18 Å². The van der Waals surface area contributed by atoms with Crippen LogP contribution in [-0.2, 0) is 4.74 Å². The van der Waals surface area contributed by atoms with Gasteiger partial charge in [0.05, 0.1) is 12.7 Å². The van der Waals surface area contributed by atoms with Gasteiger partial charge in [-0.05, 0) is 54.6 Å². The van der Waals surface area contributed by atoms with Crippen molar-refractivity contribution in [3.05, 3.63) is 89.5 Å². The van der Waals surface area contributed by atoms with Crippen LogP contribution in [0.15, 0.2) is 66.9 Å². The molecule has 0 spiro atoms. The predicted molar refractivity (Wildman–Crippen MR) is 104 cm³/mol. The van der Waals surface area contributed by atoms with Gasteiger partial charge in [-0.3, -0.25) is 14.6 Å². The highest BCUT2D eigenvalue weighted by Gasteiger charge is 2.13. The number of methoxy groups -OCH3 is 1. The maximum atomic E-state index is 13.2. The number of ether oxygens (including phenoxy) is 1. The van der Waals surface area contributed by atoms with Gasteiger partial charge in [0, 0.05) is 23.1 Å². The topological polar surface area (TPSA) is 97.4 Å². The minimum atomic E-state index is -0.576. The zero-order valence-electron chi connectivity index (χ0n) is 15.3. The third-order valence-corrected chi connectivity index (χ3v) is 3.90. The van der Waals surface area contributed by atoms with E-state index >= 15 is 0 Å². The Bertz CT molecular complexity index is 1070. The molecule has 0 aliphatic carbocycles. The molecule has 1 aromatic heterocycles. The second-order valence-electron chi connectivity index (χ2n) is 5.92. The van der Waals surface area contributed by atoms with Crippen LogP contribution >= 0.6 is 0 Å². The van der Waals surface area contributed by atoms with Crippen molar-refractivity contribution in [2.75, 3.05) is 17.7 Å². The standard InChI is InChI=1S/C21H16FN3O4/c1-29-21(28)13-5-7-16(8-6-13)24-19(26)14-9-10-23-18(11-14)20(27)25-17-4-2-3-15(22)12-17/h2-12H,1H3,(H,24,26)(H,25,27). The molecule has 146 valence electrons. The molecule has 3 rings (SSSR count). The number of amides is 2. The quantitative estimate of drug-likeness (QED) is 0.647. The van der Waals surface area contributed by atoms with Crippen LogP contribution in [0, 0.1) is 5.82 Å². The van der Waals surface area contributed by atoms with Crippen LogP contribution in [-0.4, -0.2) is 29.9 Å². The van der Waals surface area contributed by atoms with Gasteiger partial charge in [0.1, 0.15) is 11.5 Å². The number of hydrogen-bond donors (Lipinski definition) is 2. The average Bonchev–Trinajstić information content (AvgIpc) is 2.74. The summed E-state index contributed by atoms with van der Waals surface area (Å²) in [5, 5.41) is 5.19. The summed E-state index contributed by atoms with van der Waals surface area (Å²) < 4.78 is 17.9. The summed E-state index contributed by atoms with van der Waals surface area (Å²) in [6.07, 6.45) is 1.33. The SMILES string of the molecule is COC(=O)c1ccc(NC(=O)c2ccnc(C(=O)Nc3cccc(F)c3)c2)cc1. The van der Waals surface area contributed by atoms with E-state index in [0.29, 0.717) is 11.3 Å². The summed E-state index contributed by atoms with van der Waals surface area (Å²) in [5.41, 5.74) is 1.30. The Morgan fingerprint density at radius 1 is 0.862 bits per heavy atom. The minimum absolute atomic E-state index is 0.00273. The number of nitrogens with one attached hydrogen (secondary N) is 2. The molecule has 0 saturated heterocycles. The number of rotatable bonds is 5. The first-order valence-electron chi connectivity index (χ1n) is 8.49. The van der Waals surface area contributed by atoms with E-state index in [1.54, 1.807) is 12.1 Å². The van der Waals surface area contributed by atoms with Crippen molar-refractivity contribution >= 4 is 29.2 Å². The van der Waals surface area contributed by atoms with Crippen molar-refractivity contribution in [2.45, 2.75) is 0 Å². The molecule has 0 unspecified atom stereocenters. The molecule has 8 heteroatoms. The highest BCUT2D eigenvalue weighted by atomic mass is 19.1. The zero-order chi connectivity index (χ0) is 20.8. The van der Waals surface area contributed by atoms with Crippen LogP contribution in [0.4, 0.5) is 15.8 Å². The highest BCUT2D eigenvalue weighted by Crippen LogP contribution is 2.14. The van der Waals surface area contributed by atoms with Crippen molar-refractivity contribution < 1.29 is 23.5 Å². The van der Waals surface area contributed by atoms with Gasteiger partial charge in [-0.1, -0.05) is 6.07 Å². The van der Waals surface area contributed by atoms with Gasteiger partial charge in [0.2, 0.25) is 0 Å². The van der Waals surface area contributed by atoms with Crippen molar-refractivity contribution in [2.24, 2.45) is 0 Å². The van der Waals surface area contributed by atoms with Gasteiger partial charge in [0.25, 0.3) is 11.8 Å². The Balaban J connectivity index is 1.70. The first-order chi connectivity index (χ1) is 14.0. The van der Waals surface area contributed by atoms with Gasteiger partial charge >= 0.3 is 5.97 Å². The Morgan fingerprint density at radius 2 is 1.59 bits per heavy atom. The third kappa shape index (κ3) is 5.01. The maximum Gasteiger partial charge on any atom is 0.337 e. The van der Waals surface area contributed by atoms with Gasteiger partial charge in [-0.15, -0.1) is 0 Å². The fourth-order valence-electron chi connectivity index (χ4n) is 2.47. The number of carbonyl (C=O) groups excluding carboxylic acids is 3. The van der Waals surface area contributed by atoms with E-state index in [1.807, 2.05) is 0 Å². The molecule has 2 aromatic carbocycles. The minimum Gasteiger partial charge on any atom is -0.465 e. The number of esters is 1. The average molecular weight is 393 g/mol. The molecule has 0 atom stereocenters. The summed E-state index contributed by atoms with van der Waals surface area (Å²) in [7, 11) is 1.28. The molecular weight excluding hydrogens is 377 g/mol. The molecule has 0 aliphatic rings. The number of hydrogen-bond acceptors (Lipinski definition) is 5. The second-order valence-corrected chi connectivity index (χ2v) is 5.92. The molecular formula is C21H16FN3O4. The third-order valence-electron chi connectivity index (χ3n) is 3.90. The largest absolute Gasteiger partial charge is 0.465 e. The van der Waals surface area contributed by atoms with Gasteiger partial charge < -0.3 is 15.4 Å². The van der Waals surface area contributed by atoms with E-state index in [-0.39, 0.29) is 16.9 Å². The Hall–Kier alpha value is -4.07. The van der Waals surface area contributed by atoms with Crippen LogP contribution in [0.25, 0.3) is 0 Å². The molecule has 1 heterocycles. The Labute approximate surface area is 165 Å². The van der Waals surface area contributed by atoms with E-state index in [4.69, 9.17) is 0 Å². The van der Waals surface area contributed by atoms with Crippen LogP contribution in [0.1, 0.15) is 31.2 Å². The van der Waals surface area contributed by atoms with E-state index in [9.17, 15) is 18.8 Å². The molecule has 7 nitrogen and oxygen atoms in total. The molecule has 3 aromatic rings. The van der Waals surface area contributed by atoms with Crippen molar-refractivity contribution in [3.8, 4) is 0 Å². The Morgan fingerprint density at radius 3 is 2.28 bits per heavy atom. The molecule has 0 saturated carbocycles. The van der Waals surface area contributed by atoms with Crippen LogP contribution < -0.4 is 10.6 Å². The van der Waals surface area contributed by atoms with Crippen LogP contribution in [0.5, 0.6) is 0 Å². The fraction of sp³-hybridized carbons (Fsp3) is 0.0476. The number of pyridine rings is 1. The molecule has 0 radical (unpaired) electrons. The highest BCUT2D eigenvalue weighted by molar-refractivity contribution is 6.08. The van der Waals surface area contributed by atoms with Crippen molar-refractivity contribution in [1.29, 1.82) is 0 Å². The molecule has 2 amide bonds. The van der Waals surface area contributed by atoms with E-state index in [1.165, 1.54) is 61.8 Å². The monoisotopic (exact) mass is 393 g/mol.